The molecule has 0 aliphatic rings. The molecule has 0 bridgehead atoms. The summed E-state index contributed by atoms with van der Waals surface area (Å²) >= 11 is 0. The van der Waals surface area contributed by atoms with Crippen molar-refractivity contribution in [1.29, 1.82) is 0 Å². The number of rotatable bonds is 1. The predicted octanol–water partition coefficient (Wildman–Crippen LogP) is 1.97. The Bertz CT molecular complexity index is 320. The van der Waals surface area contributed by atoms with E-state index in [4.69, 9.17) is 0 Å². The molecule has 0 amide bonds. The van der Waals surface area contributed by atoms with Crippen LogP contribution in [0.2, 0.25) is 0 Å². The highest BCUT2D eigenvalue weighted by Crippen LogP contribution is 2.18. The van der Waals surface area contributed by atoms with Gasteiger partial charge in [0.1, 0.15) is 11.6 Å². The first-order chi connectivity index (χ1) is 5.65. The molecule has 12 heavy (non-hydrogen) atoms. The maximum absolute atomic E-state index is 12.5. The van der Waals surface area contributed by atoms with E-state index in [1.807, 2.05) is 0 Å². The molecule has 2 nitrogen and oxygen atoms in total. The van der Waals surface area contributed by atoms with Crippen LogP contribution in [-0.4, -0.2) is 17.9 Å². The minimum Gasteiger partial charge on any atom is -0.507 e. The van der Waals surface area contributed by atoms with Gasteiger partial charge < -0.3 is 5.11 Å². The average molecular weight is 167 g/mol. The third-order valence-electron chi connectivity index (χ3n) is 1.68. The van der Waals surface area contributed by atoms with Gasteiger partial charge in [-0.3, -0.25) is 4.99 Å². The topological polar surface area (TPSA) is 32.6 Å². The van der Waals surface area contributed by atoms with Gasteiger partial charge in [0.05, 0.1) is 0 Å². The van der Waals surface area contributed by atoms with Crippen LogP contribution >= 0.6 is 0 Å². The molecular weight excluding hydrogens is 157 g/mol. The van der Waals surface area contributed by atoms with Gasteiger partial charge in [-0.2, -0.15) is 0 Å². The fraction of sp³-hybridized carbons (Fsp3) is 0.222. The van der Waals surface area contributed by atoms with E-state index < -0.39 is 5.82 Å². The van der Waals surface area contributed by atoms with Crippen molar-refractivity contribution in [2.45, 2.75) is 6.92 Å². The minimum absolute atomic E-state index is 0.0712. The average Bonchev–Trinajstić information content (AvgIpc) is 2.03. The fourth-order valence-electron chi connectivity index (χ4n) is 0.931. The zero-order valence-electron chi connectivity index (χ0n) is 7.00. The minimum atomic E-state index is -0.444. The maximum atomic E-state index is 12.5. The van der Waals surface area contributed by atoms with E-state index in [2.05, 4.69) is 4.99 Å². The van der Waals surface area contributed by atoms with E-state index in [0.717, 1.165) is 6.07 Å². The number of phenolic OH excluding ortho intramolecular Hbond substituents is 1. The van der Waals surface area contributed by atoms with Crippen LogP contribution in [0.3, 0.4) is 0 Å². The van der Waals surface area contributed by atoms with Crippen LogP contribution in [0.25, 0.3) is 0 Å². The smallest absolute Gasteiger partial charge is 0.127 e. The molecule has 64 valence electrons. The summed E-state index contributed by atoms with van der Waals surface area (Å²) in [7, 11) is 1.62. The van der Waals surface area contributed by atoms with Crippen molar-refractivity contribution in [2.24, 2.45) is 4.99 Å². The van der Waals surface area contributed by atoms with Crippen molar-refractivity contribution in [2.75, 3.05) is 7.05 Å². The summed E-state index contributed by atoms with van der Waals surface area (Å²) in [5.41, 5.74) is 1.26. The summed E-state index contributed by atoms with van der Waals surface area (Å²) in [5, 5.41) is 9.27. The van der Waals surface area contributed by atoms with Gasteiger partial charge in [0.2, 0.25) is 0 Å². The van der Waals surface area contributed by atoms with Crippen molar-refractivity contribution < 1.29 is 9.50 Å². The molecule has 0 unspecified atom stereocenters. The van der Waals surface area contributed by atoms with Gasteiger partial charge in [0.15, 0.2) is 0 Å². The second-order valence-corrected chi connectivity index (χ2v) is 2.47. The fourth-order valence-corrected chi connectivity index (χ4v) is 0.931. The second kappa shape index (κ2) is 3.34. The number of benzene rings is 1. The molecule has 0 aliphatic heterocycles. The van der Waals surface area contributed by atoms with Crippen LogP contribution in [0.15, 0.2) is 23.2 Å². The summed E-state index contributed by atoms with van der Waals surface area (Å²) in [6.07, 6.45) is 0. The standard InChI is InChI=1S/C9H10FNO/c1-6(11-2)8-4-3-7(10)5-9(8)12/h3-5,12H,1-2H3. The van der Waals surface area contributed by atoms with E-state index in [1.165, 1.54) is 12.1 Å². The number of nitrogens with zero attached hydrogens (tertiary/aromatic N) is 1. The molecule has 0 aliphatic carbocycles. The van der Waals surface area contributed by atoms with Crippen LogP contribution in [0.4, 0.5) is 4.39 Å². The highest BCUT2D eigenvalue weighted by atomic mass is 19.1. The van der Waals surface area contributed by atoms with Gasteiger partial charge >= 0.3 is 0 Å². The number of phenols is 1. The monoisotopic (exact) mass is 167 g/mol. The molecule has 0 fully saturated rings. The second-order valence-electron chi connectivity index (χ2n) is 2.47. The van der Waals surface area contributed by atoms with Crippen molar-refractivity contribution in [3.63, 3.8) is 0 Å². The van der Waals surface area contributed by atoms with Crippen LogP contribution in [0.5, 0.6) is 5.75 Å². The molecule has 3 heteroatoms. The van der Waals surface area contributed by atoms with Gasteiger partial charge in [0, 0.05) is 24.4 Å². The third-order valence-corrected chi connectivity index (χ3v) is 1.68. The molecule has 0 saturated carbocycles. The Morgan fingerprint density at radius 3 is 2.67 bits per heavy atom. The molecule has 1 aromatic carbocycles. The maximum Gasteiger partial charge on any atom is 0.127 e. The number of hydrogen-bond acceptors (Lipinski definition) is 2. The van der Waals surface area contributed by atoms with Gasteiger partial charge in [-0.1, -0.05) is 0 Å². The highest BCUT2D eigenvalue weighted by Gasteiger charge is 2.03. The zero-order valence-corrected chi connectivity index (χ0v) is 7.00. The summed E-state index contributed by atoms with van der Waals surface area (Å²) < 4.78 is 12.5. The van der Waals surface area contributed by atoms with E-state index in [9.17, 15) is 9.50 Å². The molecule has 1 rings (SSSR count). The Labute approximate surface area is 70.4 Å². The van der Waals surface area contributed by atoms with Crippen molar-refractivity contribution in [1.82, 2.24) is 0 Å². The molecule has 0 saturated heterocycles. The third kappa shape index (κ3) is 1.61. The highest BCUT2D eigenvalue weighted by molar-refractivity contribution is 6.00. The molecule has 0 spiro atoms. The molecule has 0 radical (unpaired) electrons. The lowest BCUT2D eigenvalue weighted by atomic mass is 10.1. The number of aromatic hydroxyl groups is 1. The predicted molar refractivity (Wildman–Crippen MR) is 46.2 cm³/mol. The van der Waals surface area contributed by atoms with Gasteiger partial charge in [-0.05, 0) is 19.1 Å². The molecule has 0 heterocycles. The number of hydrogen-bond donors (Lipinski definition) is 1. The van der Waals surface area contributed by atoms with E-state index in [-0.39, 0.29) is 5.75 Å². The van der Waals surface area contributed by atoms with Crippen LogP contribution < -0.4 is 0 Å². The SMILES string of the molecule is CN=C(C)c1ccc(F)cc1O. The lowest BCUT2D eigenvalue weighted by Crippen LogP contribution is -1.94. The van der Waals surface area contributed by atoms with Crippen LogP contribution in [0.1, 0.15) is 12.5 Å². The summed E-state index contributed by atoms with van der Waals surface area (Å²) in [6.45, 7) is 1.76. The molecule has 0 atom stereocenters. The molecule has 1 aromatic rings. The normalized spacial score (nSPS) is 11.8. The Morgan fingerprint density at radius 2 is 2.17 bits per heavy atom. The van der Waals surface area contributed by atoms with Crippen LogP contribution in [0, 0.1) is 5.82 Å². The van der Waals surface area contributed by atoms with Crippen LogP contribution in [-0.2, 0) is 0 Å². The van der Waals surface area contributed by atoms with Crippen molar-refractivity contribution in [3.05, 3.63) is 29.6 Å². The first kappa shape index (κ1) is 8.71. The molecule has 0 aromatic heterocycles. The van der Waals surface area contributed by atoms with E-state index >= 15 is 0 Å². The van der Waals surface area contributed by atoms with Gasteiger partial charge in [-0.25, -0.2) is 4.39 Å². The number of halogens is 1. The van der Waals surface area contributed by atoms with E-state index in [1.54, 1.807) is 14.0 Å². The first-order valence-electron chi connectivity index (χ1n) is 3.57. The summed E-state index contributed by atoms with van der Waals surface area (Å²) in [6, 6.07) is 3.88. The number of aliphatic imine (C=N–C) groups is 1. The Kier molecular flexibility index (Phi) is 2.43. The zero-order chi connectivity index (χ0) is 9.14. The van der Waals surface area contributed by atoms with E-state index in [0.29, 0.717) is 11.3 Å². The summed E-state index contributed by atoms with van der Waals surface area (Å²) in [5.74, 6) is -0.516. The lowest BCUT2D eigenvalue weighted by Gasteiger charge is -2.02. The molecule has 1 N–H and O–H groups in total. The first-order valence-corrected chi connectivity index (χ1v) is 3.57. The Balaban J connectivity index is 3.18. The van der Waals surface area contributed by atoms with Gasteiger partial charge in [-0.15, -0.1) is 0 Å². The Morgan fingerprint density at radius 1 is 1.50 bits per heavy atom. The van der Waals surface area contributed by atoms with Gasteiger partial charge in [0.25, 0.3) is 0 Å². The van der Waals surface area contributed by atoms with Crippen molar-refractivity contribution in [3.8, 4) is 5.75 Å². The lowest BCUT2D eigenvalue weighted by molar-refractivity contribution is 0.468. The quantitative estimate of drug-likeness (QED) is 0.637. The Hall–Kier alpha value is -1.38. The summed E-state index contributed by atoms with van der Waals surface area (Å²) in [4.78, 5) is 3.88. The van der Waals surface area contributed by atoms with Crippen molar-refractivity contribution >= 4 is 5.71 Å². The largest absolute Gasteiger partial charge is 0.507 e. The molecular formula is C9H10FNO.